The lowest BCUT2D eigenvalue weighted by Crippen LogP contribution is -2.37. The summed E-state index contributed by atoms with van der Waals surface area (Å²) in [6, 6.07) is 7.58. The fourth-order valence-corrected chi connectivity index (χ4v) is 3.40. The summed E-state index contributed by atoms with van der Waals surface area (Å²) < 4.78 is 37.9. The van der Waals surface area contributed by atoms with E-state index in [9.17, 15) is 18.0 Å². The monoisotopic (exact) mass is 431 g/mol. The molecule has 1 aliphatic rings. The van der Waals surface area contributed by atoms with E-state index in [-0.39, 0.29) is 11.9 Å². The van der Waals surface area contributed by atoms with Crippen LogP contribution >= 0.6 is 23.2 Å². The molecule has 1 amide bonds. The Labute approximate surface area is 170 Å². The second-order valence-corrected chi connectivity index (χ2v) is 7.46. The average Bonchev–Trinajstić information content (AvgIpc) is 3.10. The SMILES string of the molecule is O=C(CCc1ccc(Cl)c(Cl)c1)NC1CCN(c2ccc(C(F)(F)F)cn2)C1. The second-order valence-electron chi connectivity index (χ2n) is 6.65. The van der Waals surface area contributed by atoms with Crippen molar-refractivity contribution >= 4 is 34.9 Å². The zero-order valence-corrected chi connectivity index (χ0v) is 16.3. The number of halogens is 5. The predicted octanol–water partition coefficient (Wildman–Crippen LogP) is 4.73. The lowest BCUT2D eigenvalue weighted by atomic mass is 10.1. The number of amides is 1. The van der Waals surface area contributed by atoms with E-state index in [1.165, 1.54) is 6.07 Å². The van der Waals surface area contributed by atoms with Crippen LogP contribution in [0.25, 0.3) is 0 Å². The molecule has 0 aliphatic carbocycles. The van der Waals surface area contributed by atoms with Crippen LogP contribution in [0.15, 0.2) is 36.5 Å². The fraction of sp³-hybridized carbons (Fsp3) is 0.368. The molecule has 0 spiro atoms. The van der Waals surface area contributed by atoms with Crippen molar-refractivity contribution in [1.82, 2.24) is 10.3 Å². The molecule has 1 saturated heterocycles. The van der Waals surface area contributed by atoms with Crippen LogP contribution in [0.1, 0.15) is 24.0 Å². The smallest absolute Gasteiger partial charge is 0.354 e. The van der Waals surface area contributed by atoms with Crippen molar-refractivity contribution in [2.45, 2.75) is 31.5 Å². The summed E-state index contributed by atoms with van der Waals surface area (Å²) in [7, 11) is 0. The van der Waals surface area contributed by atoms with Gasteiger partial charge in [0.05, 0.1) is 15.6 Å². The first kappa shape index (κ1) is 20.7. The third kappa shape index (κ3) is 5.29. The first-order valence-electron chi connectivity index (χ1n) is 8.74. The van der Waals surface area contributed by atoms with Crippen molar-refractivity contribution in [3.63, 3.8) is 0 Å². The van der Waals surface area contributed by atoms with E-state index in [4.69, 9.17) is 23.2 Å². The molecule has 150 valence electrons. The Kier molecular flexibility index (Phi) is 6.35. The molecule has 1 aliphatic heterocycles. The second kappa shape index (κ2) is 8.57. The number of rotatable bonds is 5. The van der Waals surface area contributed by atoms with Gasteiger partial charge in [-0.2, -0.15) is 13.2 Å². The van der Waals surface area contributed by atoms with Crippen molar-refractivity contribution in [3.8, 4) is 0 Å². The van der Waals surface area contributed by atoms with E-state index in [0.717, 1.165) is 17.8 Å². The summed E-state index contributed by atoms with van der Waals surface area (Å²) in [5, 5.41) is 3.89. The largest absolute Gasteiger partial charge is 0.417 e. The van der Waals surface area contributed by atoms with Gasteiger partial charge in [0.1, 0.15) is 5.82 Å². The van der Waals surface area contributed by atoms with Crippen LogP contribution in [0.3, 0.4) is 0 Å². The first-order chi connectivity index (χ1) is 13.2. The number of pyridine rings is 1. The number of carbonyl (C=O) groups excluding carboxylic acids is 1. The lowest BCUT2D eigenvalue weighted by Gasteiger charge is -2.18. The molecule has 4 nitrogen and oxygen atoms in total. The van der Waals surface area contributed by atoms with Gasteiger partial charge in [-0.3, -0.25) is 4.79 Å². The highest BCUT2D eigenvalue weighted by atomic mass is 35.5. The number of alkyl halides is 3. The molecule has 2 aromatic rings. The molecule has 0 radical (unpaired) electrons. The Bertz CT molecular complexity index is 843. The predicted molar refractivity (Wildman–Crippen MR) is 103 cm³/mol. The number of nitrogens with one attached hydrogen (secondary N) is 1. The van der Waals surface area contributed by atoms with Crippen LogP contribution in [0.2, 0.25) is 10.0 Å². The molecule has 1 atom stereocenters. The van der Waals surface area contributed by atoms with Crippen LogP contribution < -0.4 is 10.2 Å². The molecular formula is C19H18Cl2F3N3O. The third-order valence-corrected chi connectivity index (χ3v) is 5.32. The van der Waals surface area contributed by atoms with Gasteiger partial charge in [0, 0.05) is 31.7 Å². The van der Waals surface area contributed by atoms with Gasteiger partial charge in [0.15, 0.2) is 0 Å². The summed E-state index contributed by atoms with van der Waals surface area (Å²) >= 11 is 11.8. The average molecular weight is 432 g/mol. The molecule has 1 unspecified atom stereocenters. The van der Waals surface area contributed by atoms with Crippen LogP contribution in [-0.4, -0.2) is 30.0 Å². The van der Waals surface area contributed by atoms with Crippen molar-refractivity contribution in [1.29, 1.82) is 0 Å². The highest BCUT2D eigenvalue weighted by Crippen LogP contribution is 2.30. The zero-order chi connectivity index (χ0) is 20.3. The highest BCUT2D eigenvalue weighted by Gasteiger charge is 2.31. The molecule has 1 aromatic heterocycles. The highest BCUT2D eigenvalue weighted by molar-refractivity contribution is 6.42. The Balaban J connectivity index is 1.48. The summed E-state index contributed by atoms with van der Waals surface area (Å²) in [5.41, 5.74) is 0.147. The summed E-state index contributed by atoms with van der Waals surface area (Å²) in [6.45, 7) is 1.13. The first-order valence-corrected chi connectivity index (χ1v) is 9.49. The summed E-state index contributed by atoms with van der Waals surface area (Å²) in [4.78, 5) is 18.0. The van der Waals surface area contributed by atoms with E-state index in [1.54, 1.807) is 12.1 Å². The van der Waals surface area contributed by atoms with E-state index >= 15 is 0 Å². The van der Waals surface area contributed by atoms with Gasteiger partial charge >= 0.3 is 6.18 Å². The molecular weight excluding hydrogens is 414 g/mol. The van der Waals surface area contributed by atoms with E-state index < -0.39 is 11.7 Å². The molecule has 3 rings (SSSR count). The van der Waals surface area contributed by atoms with Gasteiger partial charge in [0.2, 0.25) is 5.91 Å². The molecule has 1 N–H and O–H groups in total. The molecule has 1 fully saturated rings. The Morgan fingerprint density at radius 3 is 2.64 bits per heavy atom. The minimum Gasteiger partial charge on any atom is -0.354 e. The van der Waals surface area contributed by atoms with Crippen LogP contribution in [0, 0.1) is 0 Å². The fourth-order valence-electron chi connectivity index (χ4n) is 3.08. The number of carbonyl (C=O) groups is 1. The number of benzene rings is 1. The van der Waals surface area contributed by atoms with Gasteiger partial charge in [-0.15, -0.1) is 0 Å². The van der Waals surface area contributed by atoms with Crippen LogP contribution in [-0.2, 0) is 17.4 Å². The zero-order valence-electron chi connectivity index (χ0n) is 14.8. The third-order valence-electron chi connectivity index (χ3n) is 4.58. The van der Waals surface area contributed by atoms with E-state index in [2.05, 4.69) is 10.3 Å². The maximum atomic E-state index is 12.6. The molecule has 1 aromatic carbocycles. The van der Waals surface area contributed by atoms with E-state index in [0.29, 0.717) is 48.2 Å². The van der Waals surface area contributed by atoms with Crippen molar-refractivity contribution in [3.05, 3.63) is 57.7 Å². The van der Waals surface area contributed by atoms with Crippen LogP contribution in [0.4, 0.5) is 19.0 Å². The summed E-state index contributed by atoms with van der Waals surface area (Å²) in [6.07, 6.45) is -2.01. The van der Waals surface area contributed by atoms with Gasteiger partial charge in [-0.1, -0.05) is 29.3 Å². The molecule has 0 bridgehead atoms. The number of hydrogen-bond acceptors (Lipinski definition) is 3. The van der Waals surface area contributed by atoms with Crippen molar-refractivity contribution in [2.24, 2.45) is 0 Å². The molecule has 2 heterocycles. The minimum absolute atomic E-state index is 0.0644. The summed E-state index contributed by atoms with van der Waals surface area (Å²) in [5.74, 6) is 0.388. The minimum atomic E-state index is -4.40. The normalized spacial score (nSPS) is 17.0. The quantitative estimate of drug-likeness (QED) is 0.743. The van der Waals surface area contributed by atoms with Crippen molar-refractivity contribution in [2.75, 3.05) is 18.0 Å². The number of anilines is 1. The lowest BCUT2D eigenvalue weighted by molar-refractivity contribution is -0.137. The standard InChI is InChI=1S/C19H18Cl2F3N3O/c20-15-4-1-12(9-16(15)21)2-6-18(28)26-14-7-8-27(11-14)17-5-3-13(10-25-17)19(22,23)24/h1,3-5,9-10,14H,2,6-8,11H2,(H,26,28). The van der Waals surface area contributed by atoms with Gasteiger partial charge in [0.25, 0.3) is 0 Å². The number of aromatic nitrogens is 1. The van der Waals surface area contributed by atoms with Crippen LogP contribution in [0.5, 0.6) is 0 Å². The Hall–Kier alpha value is -1.99. The number of aryl methyl sites for hydroxylation is 1. The topological polar surface area (TPSA) is 45.2 Å². The number of hydrogen-bond donors (Lipinski definition) is 1. The Morgan fingerprint density at radius 2 is 2.00 bits per heavy atom. The molecule has 0 saturated carbocycles. The van der Waals surface area contributed by atoms with Gasteiger partial charge in [-0.25, -0.2) is 4.98 Å². The molecule has 9 heteroatoms. The maximum Gasteiger partial charge on any atom is 0.417 e. The number of nitrogens with zero attached hydrogens (tertiary/aromatic N) is 2. The van der Waals surface area contributed by atoms with Gasteiger partial charge < -0.3 is 10.2 Å². The van der Waals surface area contributed by atoms with Crippen molar-refractivity contribution < 1.29 is 18.0 Å². The molecule has 28 heavy (non-hydrogen) atoms. The maximum absolute atomic E-state index is 12.6. The van der Waals surface area contributed by atoms with Gasteiger partial charge in [-0.05, 0) is 42.7 Å². The van der Waals surface area contributed by atoms with E-state index in [1.807, 2.05) is 11.0 Å². The Morgan fingerprint density at radius 1 is 1.21 bits per heavy atom.